The number of benzene rings is 1. The van der Waals surface area contributed by atoms with E-state index in [2.05, 4.69) is 10.6 Å². The standard InChI is InChI=1S/C15H19FN2O2/c1-11(19)17-9-4-10-18-14(20)15(7-8-15)12-5-2-3-6-13(12)16/h2-3,5-6H,4,7-10H2,1H3,(H,17,19)(H,18,20). The van der Waals surface area contributed by atoms with Crippen molar-refractivity contribution in [3.05, 3.63) is 35.6 Å². The number of halogens is 1. The van der Waals surface area contributed by atoms with Gasteiger partial charge in [-0.15, -0.1) is 0 Å². The molecule has 0 heterocycles. The maximum atomic E-state index is 13.8. The Kier molecular flexibility index (Phi) is 4.37. The van der Waals surface area contributed by atoms with Crippen LogP contribution in [0.4, 0.5) is 4.39 Å². The summed E-state index contributed by atoms with van der Waals surface area (Å²) in [4.78, 5) is 22.9. The molecule has 0 aromatic heterocycles. The van der Waals surface area contributed by atoms with Gasteiger partial charge in [-0.3, -0.25) is 9.59 Å². The van der Waals surface area contributed by atoms with Crippen molar-refractivity contribution in [2.45, 2.75) is 31.6 Å². The van der Waals surface area contributed by atoms with Gasteiger partial charge in [0, 0.05) is 25.6 Å². The largest absolute Gasteiger partial charge is 0.356 e. The number of amides is 2. The molecule has 1 aromatic rings. The van der Waals surface area contributed by atoms with E-state index in [1.807, 2.05) is 0 Å². The Labute approximate surface area is 117 Å². The molecule has 4 nitrogen and oxygen atoms in total. The van der Waals surface area contributed by atoms with Gasteiger partial charge >= 0.3 is 0 Å². The monoisotopic (exact) mass is 278 g/mol. The Hall–Kier alpha value is -1.91. The van der Waals surface area contributed by atoms with Crippen LogP contribution >= 0.6 is 0 Å². The molecule has 1 aromatic carbocycles. The molecule has 0 saturated heterocycles. The second-order valence-electron chi connectivity index (χ2n) is 5.15. The highest BCUT2D eigenvalue weighted by Crippen LogP contribution is 2.49. The Bertz CT molecular complexity index is 512. The third-order valence-corrected chi connectivity index (χ3v) is 3.59. The molecule has 1 aliphatic carbocycles. The van der Waals surface area contributed by atoms with Gasteiger partial charge < -0.3 is 10.6 Å². The fraction of sp³-hybridized carbons (Fsp3) is 0.467. The van der Waals surface area contributed by atoms with Crippen LogP contribution in [0.15, 0.2) is 24.3 Å². The lowest BCUT2D eigenvalue weighted by Gasteiger charge is -2.16. The van der Waals surface area contributed by atoms with E-state index in [1.165, 1.54) is 13.0 Å². The smallest absolute Gasteiger partial charge is 0.230 e. The normalized spacial score (nSPS) is 15.5. The number of hydrogen-bond donors (Lipinski definition) is 2. The highest BCUT2D eigenvalue weighted by atomic mass is 19.1. The van der Waals surface area contributed by atoms with Crippen molar-refractivity contribution in [3.8, 4) is 0 Å². The first kappa shape index (κ1) is 14.5. The second-order valence-corrected chi connectivity index (χ2v) is 5.15. The van der Waals surface area contributed by atoms with E-state index < -0.39 is 5.41 Å². The first-order chi connectivity index (χ1) is 9.56. The van der Waals surface area contributed by atoms with Gasteiger partial charge in [0.2, 0.25) is 11.8 Å². The van der Waals surface area contributed by atoms with E-state index in [0.717, 1.165) is 0 Å². The summed E-state index contributed by atoms with van der Waals surface area (Å²) in [6.07, 6.45) is 2.04. The van der Waals surface area contributed by atoms with Crippen molar-refractivity contribution < 1.29 is 14.0 Å². The van der Waals surface area contributed by atoms with Crippen molar-refractivity contribution in [3.63, 3.8) is 0 Å². The zero-order valence-corrected chi connectivity index (χ0v) is 11.5. The molecule has 20 heavy (non-hydrogen) atoms. The fourth-order valence-corrected chi connectivity index (χ4v) is 2.32. The van der Waals surface area contributed by atoms with Crippen molar-refractivity contribution in [1.82, 2.24) is 10.6 Å². The summed E-state index contributed by atoms with van der Waals surface area (Å²) in [5, 5.41) is 5.49. The number of rotatable bonds is 6. The van der Waals surface area contributed by atoms with Crippen LogP contribution in [0.3, 0.4) is 0 Å². The minimum Gasteiger partial charge on any atom is -0.356 e. The Morgan fingerprint density at radius 3 is 2.45 bits per heavy atom. The van der Waals surface area contributed by atoms with Crippen molar-refractivity contribution in [2.75, 3.05) is 13.1 Å². The van der Waals surface area contributed by atoms with Crippen LogP contribution in [0, 0.1) is 5.82 Å². The van der Waals surface area contributed by atoms with E-state index >= 15 is 0 Å². The zero-order chi connectivity index (χ0) is 14.6. The molecule has 2 amide bonds. The molecule has 1 fully saturated rings. The quantitative estimate of drug-likeness (QED) is 0.775. The van der Waals surface area contributed by atoms with E-state index in [1.54, 1.807) is 18.2 Å². The summed E-state index contributed by atoms with van der Waals surface area (Å²) in [6, 6.07) is 6.45. The topological polar surface area (TPSA) is 58.2 Å². The molecule has 2 N–H and O–H groups in total. The molecule has 0 unspecified atom stereocenters. The van der Waals surface area contributed by atoms with Gasteiger partial charge in [-0.2, -0.15) is 0 Å². The molecule has 5 heteroatoms. The lowest BCUT2D eigenvalue weighted by atomic mass is 9.94. The minimum absolute atomic E-state index is 0.0821. The number of hydrogen-bond acceptors (Lipinski definition) is 2. The number of carbonyl (C=O) groups is 2. The molecule has 0 aliphatic heterocycles. The maximum absolute atomic E-state index is 13.8. The van der Waals surface area contributed by atoms with Crippen LogP contribution in [0.1, 0.15) is 31.7 Å². The molecule has 1 aliphatic rings. The molecule has 0 spiro atoms. The summed E-state index contributed by atoms with van der Waals surface area (Å²) in [5.41, 5.74) is -0.196. The molecular weight excluding hydrogens is 259 g/mol. The van der Waals surface area contributed by atoms with Gasteiger partial charge in [0.1, 0.15) is 5.82 Å². The predicted octanol–water partition coefficient (Wildman–Crippen LogP) is 1.50. The summed E-state index contributed by atoms with van der Waals surface area (Å²) >= 11 is 0. The number of nitrogens with one attached hydrogen (secondary N) is 2. The van der Waals surface area contributed by atoms with Crippen LogP contribution in [0.2, 0.25) is 0 Å². The third-order valence-electron chi connectivity index (χ3n) is 3.59. The predicted molar refractivity (Wildman–Crippen MR) is 73.6 cm³/mol. The zero-order valence-electron chi connectivity index (χ0n) is 11.5. The first-order valence-corrected chi connectivity index (χ1v) is 6.84. The van der Waals surface area contributed by atoms with Crippen LogP contribution in [-0.4, -0.2) is 24.9 Å². The van der Waals surface area contributed by atoms with Gasteiger partial charge in [0.25, 0.3) is 0 Å². The lowest BCUT2D eigenvalue weighted by Crippen LogP contribution is -2.37. The number of carbonyl (C=O) groups excluding carboxylic acids is 2. The van der Waals surface area contributed by atoms with Crippen molar-refractivity contribution >= 4 is 11.8 Å². The molecule has 0 atom stereocenters. The van der Waals surface area contributed by atoms with Gasteiger partial charge in [0.05, 0.1) is 5.41 Å². The average molecular weight is 278 g/mol. The summed E-state index contributed by atoms with van der Waals surface area (Å²) in [5.74, 6) is -0.523. The third kappa shape index (κ3) is 3.15. The van der Waals surface area contributed by atoms with E-state index in [9.17, 15) is 14.0 Å². The van der Waals surface area contributed by atoms with E-state index in [0.29, 0.717) is 37.9 Å². The Morgan fingerprint density at radius 1 is 1.20 bits per heavy atom. The summed E-state index contributed by atoms with van der Waals surface area (Å²) in [7, 11) is 0. The van der Waals surface area contributed by atoms with Crippen LogP contribution in [-0.2, 0) is 15.0 Å². The Morgan fingerprint density at radius 2 is 1.85 bits per heavy atom. The fourth-order valence-electron chi connectivity index (χ4n) is 2.32. The van der Waals surface area contributed by atoms with Gasteiger partial charge in [-0.25, -0.2) is 4.39 Å². The molecular formula is C15H19FN2O2. The van der Waals surface area contributed by atoms with E-state index in [4.69, 9.17) is 0 Å². The maximum Gasteiger partial charge on any atom is 0.230 e. The molecule has 0 bridgehead atoms. The van der Waals surface area contributed by atoms with Gasteiger partial charge in [-0.1, -0.05) is 18.2 Å². The molecule has 2 rings (SSSR count). The second kappa shape index (κ2) is 6.03. The average Bonchev–Trinajstić information content (AvgIpc) is 3.20. The SMILES string of the molecule is CC(=O)NCCCNC(=O)C1(c2ccccc2F)CC1. The Balaban J connectivity index is 1.86. The van der Waals surface area contributed by atoms with Crippen LogP contribution in [0.25, 0.3) is 0 Å². The molecule has 108 valence electrons. The molecule has 0 radical (unpaired) electrons. The first-order valence-electron chi connectivity index (χ1n) is 6.84. The highest BCUT2D eigenvalue weighted by Gasteiger charge is 2.52. The van der Waals surface area contributed by atoms with E-state index in [-0.39, 0.29) is 17.6 Å². The highest BCUT2D eigenvalue weighted by molar-refractivity contribution is 5.91. The minimum atomic E-state index is -0.681. The van der Waals surface area contributed by atoms with Gasteiger partial charge in [0.15, 0.2) is 0 Å². The van der Waals surface area contributed by atoms with Gasteiger partial charge in [-0.05, 0) is 25.3 Å². The summed E-state index contributed by atoms with van der Waals surface area (Å²) in [6.45, 7) is 2.47. The van der Waals surface area contributed by atoms with Crippen LogP contribution < -0.4 is 10.6 Å². The lowest BCUT2D eigenvalue weighted by molar-refractivity contribution is -0.123. The van der Waals surface area contributed by atoms with Crippen LogP contribution in [0.5, 0.6) is 0 Å². The van der Waals surface area contributed by atoms with Crippen molar-refractivity contribution in [2.24, 2.45) is 0 Å². The summed E-state index contributed by atoms with van der Waals surface area (Å²) < 4.78 is 13.8. The van der Waals surface area contributed by atoms with Crippen molar-refractivity contribution in [1.29, 1.82) is 0 Å². The molecule has 1 saturated carbocycles.